The summed E-state index contributed by atoms with van der Waals surface area (Å²) in [4.78, 5) is 23.7. The van der Waals surface area contributed by atoms with Crippen LogP contribution in [-0.4, -0.2) is 24.5 Å². The van der Waals surface area contributed by atoms with E-state index < -0.39 is 5.91 Å². The highest BCUT2D eigenvalue weighted by molar-refractivity contribution is 6.07. The Kier molecular flexibility index (Phi) is 5.45. The number of nitrogens with two attached hydrogens (primary N) is 1. The molecule has 1 atom stereocenters. The van der Waals surface area contributed by atoms with Gasteiger partial charge in [-0.15, -0.1) is 0 Å². The lowest BCUT2D eigenvalue weighted by Gasteiger charge is -2.10. The van der Waals surface area contributed by atoms with Crippen LogP contribution in [0.3, 0.4) is 0 Å². The van der Waals surface area contributed by atoms with Crippen LogP contribution in [0, 0.1) is 0 Å². The third kappa shape index (κ3) is 4.28. The molecule has 1 heterocycles. The molecule has 6 nitrogen and oxygen atoms in total. The van der Waals surface area contributed by atoms with Crippen molar-refractivity contribution in [3.63, 3.8) is 0 Å². The van der Waals surface area contributed by atoms with E-state index >= 15 is 0 Å². The van der Waals surface area contributed by atoms with Gasteiger partial charge >= 0.3 is 0 Å². The van der Waals surface area contributed by atoms with Gasteiger partial charge in [-0.2, -0.15) is 0 Å². The molecule has 0 fully saturated rings. The maximum atomic E-state index is 12.3. The summed E-state index contributed by atoms with van der Waals surface area (Å²) in [5.41, 5.74) is 7.82. The van der Waals surface area contributed by atoms with Crippen molar-refractivity contribution in [1.82, 2.24) is 0 Å². The van der Waals surface area contributed by atoms with E-state index in [0.717, 1.165) is 23.3 Å². The topological polar surface area (TPSA) is 90.6 Å². The summed E-state index contributed by atoms with van der Waals surface area (Å²) < 4.78 is 11.5. The lowest BCUT2D eigenvalue weighted by molar-refractivity contribution is -0.111. The molecule has 140 valence electrons. The molecule has 1 aliphatic heterocycles. The number of benzene rings is 2. The van der Waals surface area contributed by atoms with Crippen molar-refractivity contribution in [2.45, 2.75) is 26.4 Å². The number of hydrogen-bond donors (Lipinski definition) is 2. The van der Waals surface area contributed by atoms with Crippen molar-refractivity contribution in [2.75, 3.05) is 11.9 Å². The van der Waals surface area contributed by atoms with E-state index in [1.54, 1.807) is 30.3 Å². The van der Waals surface area contributed by atoms with Crippen LogP contribution in [0.25, 0.3) is 6.08 Å². The summed E-state index contributed by atoms with van der Waals surface area (Å²) >= 11 is 0. The smallest absolute Gasteiger partial charge is 0.250 e. The highest BCUT2D eigenvalue weighted by Crippen LogP contribution is 2.35. The minimum absolute atomic E-state index is 0.127. The first-order valence-electron chi connectivity index (χ1n) is 8.82. The Morgan fingerprint density at radius 2 is 2.11 bits per heavy atom. The minimum atomic E-state index is -0.599. The van der Waals surface area contributed by atoms with Crippen molar-refractivity contribution in [3.05, 3.63) is 59.2 Å². The number of anilines is 1. The van der Waals surface area contributed by atoms with E-state index in [-0.39, 0.29) is 17.6 Å². The summed E-state index contributed by atoms with van der Waals surface area (Å²) in [5, 5.41) is 2.67. The molecule has 0 aromatic heterocycles. The maximum absolute atomic E-state index is 12.3. The molecule has 0 radical (unpaired) electrons. The molecular weight excluding hydrogens is 344 g/mol. The molecule has 0 bridgehead atoms. The van der Waals surface area contributed by atoms with Crippen LogP contribution in [0.15, 0.2) is 42.5 Å². The molecule has 27 heavy (non-hydrogen) atoms. The van der Waals surface area contributed by atoms with E-state index in [2.05, 4.69) is 5.32 Å². The van der Waals surface area contributed by atoms with Gasteiger partial charge in [-0.3, -0.25) is 9.59 Å². The summed E-state index contributed by atoms with van der Waals surface area (Å²) in [5.74, 6) is 0.542. The van der Waals surface area contributed by atoms with Crippen molar-refractivity contribution < 1.29 is 19.1 Å². The van der Waals surface area contributed by atoms with Crippen LogP contribution < -0.4 is 20.5 Å². The maximum Gasteiger partial charge on any atom is 0.250 e. The predicted octanol–water partition coefficient (Wildman–Crippen LogP) is 3.16. The summed E-state index contributed by atoms with van der Waals surface area (Å²) in [6.07, 6.45) is 4.02. The zero-order valence-corrected chi connectivity index (χ0v) is 15.3. The van der Waals surface area contributed by atoms with Gasteiger partial charge in [0.2, 0.25) is 5.91 Å². The molecule has 6 heteroatoms. The largest absolute Gasteiger partial charge is 0.493 e. The van der Waals surface area contributed by atoms with Crippen LogP contribution in [0.1, 0.15) is 35.3 Å². The van der Waals surface area contributed by atoms with Crippen molar-refractivity contribution in [2.24, 2.45) is 5.73 Å². The first-order chi connectivity index (χ1) is 13.0. The predicted molar refractivity (Wildman–Crippen MR) is 104 cm³/mol. The number of para-hydroxylation sites is 1. The third-order valence-corrected chi connectivity index (χ3v) is 4.19. The molecule has 0 saturated carbocycles. The quantitative estimate of drug-likeness (QED) is 0.769. The molecule has 2 aromatic rings. The summed E-state index contributed by atoms with van der Waals surface area (Å²) in [7, 11) is 0. The molecule has 2 aromatic carbocycles. The lowest BCUT2D eigenvalue weighted by Crippen LogP contribution is -2.16. The SMILES string of the molecule is CCOc1cc2c(cc1/C=C/C(=O)Nc1ccccc1C(N)=O)OC(C)C2. The average molecular weight is 366 g/mol. The highest BCUT2D eigenvalue weighted by Gasteiger charge is 2.21. The molecule has 3 rings (SSSR count). The van der Waals surface area contributed by atoms with Crippen LogP contribution >= 0.6 is 0 Å². The van der Waals surface area contributed by atoms with Gasteiger partial charge in [-0.1, -0.05) is 12.1 Å². The number of ether oxygens (including phenoxy) is 2. The number of amides is 2. The molecule has 0 spiro atoms. The van der Waals surface area contributed by atoms with Gasteiger partial charge in [0.25, 0.3) is 5.91 Å². The molecule has 3 N–H and O–H groups in total. The molecule has 2 amide bonds. The Bertz CT molecular complexity index is 905. The summed E-state index contributed by atoms with van der Waals surface area (Å²) in [6.45, 7) is 4.45. The number of rotatable bonds is 6. The number of fused-ring (bicyclic) bond motifs is 1. The van der Waals surface area contributed by atoms with Gasteiger partial charge in [0.1, 0.15) is 17.6 Å². The normalized spacial score (nSPS) is 15.3. The highest BCUT2D eigenvalue weighted by atomic mass is 16.5. The van der Waals surface area contributed by atoms with E-state index in [4.69, 9.17) is 15.2 Å². The van der Waals surface area contributed by atoms with Crippen molar-refractivity contribution in [1.29, 1.82) is 0 Å². The zero-order chi connectivity index (χ0) is 19.4. The molecule has 1 aliphatic rings. The molecule has 1 unspecified atom stereocenters. The van der Waals surface area contributed by atoms with Gasteiger partial charge in [-0.25, -0.2) is 0 Å². The second kappa shape index (κ2) is 7.95. The second-order valence-corrected chi connectivity index (χ2v) is 6.30. The van der Waals surface area contributed by atoms with Gasteiger partial charge in [0.05, 0.1) is 17.9 Å². The third-order valence-electron chi connectivity index (χ3n) is 4.19. The Morgan fingerprint density at radius 3 is 2.85 bits per heavy atom. The van der Waals surface area contributed by atoms with Crippen LogP contribution in [0.2, 0.25) is 0 Å². The van der Waals surface area contributed by atoms with E-state index in [9.17, 15) is 9.59 Å². The van der Waals surface area contributed by atoms with Gasteiger partial charge < -0.3 is 20.5 Å². The monoisotopic (exact) mass is 366 g/mol. The van der Waals surface area contributed by atoms with Crippen LogP contribution in [0.5, 0.6) is 11.5 Å². The summed E-state index contributed by atoms with van der Waals surface area (Å²) in [6, 6.07) is 10.4. The number of nitrogens with one attached hydrogen (secondary N) is 1. The molecule has 0 aliphatic carbocycles. The standard InChI is InChI=1S/C21H22N2O4/c1-3-26-18-12-15-10-13(2)27-19(15)11-14(18)8-9-20(24)23-17-7-5-4-6-16(17)21(22)25/h4-9,11-13H,3,10H2,1-2H3,(H2,22,25)(H,23,24)/b9-8+. The Labute approximate surface area is 158 Å². The lowest BCUT2D eigenvalue weighted by atomic mass is 10.1. The van der Waals surface area contributed by atoms with Crippen molar-refractivity contribution >= 4 is 23.6 Å². The van der Waals surface area contributed by atoms with Crippen molar-refractivity contribution in [3.8, 4) is 11.5 Å². The fourth-order valence-corrected chi connectivity index (χ4v) is 3.01. The Hall–Kier alpha value is -3.28. The number of carbonyl (C=O) groups excluding carboxylic acids is 2. The molecule has 0 saturated heterocycles. The minimum Gasteiger partial charge on any atom is -0.493 e. The first-order valence-corrected chi connectivity index (χ1v) is 8.82. The van der Waals surface area contributed by atoms with Crippen LogP contribution in [-0.2, 0) is 11.2 Å². The van der Waals surface area contributed by atoms with E-state index in [1.165, 1.54) is 6.08 Å². The molecular formula is C21H22N2O4. The van der Waals surface area contributed by atoms with Gasteiger partial charge in [-0.05, 0) is 44.2 Å². The second-order valence-electron chi connectivity index (χ2n) is 6.30. The Balaban J connectivity index is 1.80. The number of hydrogen-bond acceptors (Lipinski definition) is 4. The fraction of sp³-hybridized carbons (Fsp3) is 0.238. The van der Waals surface area contributed by atoms with Crippen LogP contribution in [0.4, 0.5) is 5.69 Å². The number of primary amides is 1. The average Bonchev–Trinajstić information content (AvgIpc) is 2.99. The fourth-order valence-electron chi connectivity index (χ4n) is 3.01. The van der Waals surface area contributed by atoms with E-state index in [0.29, 0.717) is 18.0 Å². The number of carbonyl (C=O) groups is 2. The van der Waals surface area contributed by atoms with Gasteiger partial charge in [0.15, 0.2) is 0 Å². The zero-order valence-electron chi connectivity index (χ0n) is 15.3. The van der Waals surface area contributed by atoms with Gasteiger partial charge in [0, 0.05) is 23.6 Å². The first kappa shape index (κ1) is 18.5. The Morgan fingerprint density at radius 1 is 1.33 bits per heavy atom. The van der Waals surface area contributed by atoms with E-state index in [1.807, 2.05) is 26.0 Å².